The number of nitrogens with two attached hydrogens (primary N) is 1. The van der Waals surface area contributed by atoms with E-state index in [4.69, 9.17) is 33.7 Å². The molecule has 0 bridgehead atoms. The molecular formula is C15H15Cl2NOS. The molecule has 0 amide bonds. The van der Waals surface area contributed by atoms with E-state index in [0.717, 1.165) is 16.3 Å². The highest BCUT2D eigenvalue weighted by Crippen LogP contribution is 2.29. The van der Waals surface area contributed by atoms with Gasteiger partial charge in [0.05, 0.1) is 11.6 Å². The summed E-state index contributed by atoms with van der Waals surface area (Å²) in [4.78, 5) is 1.08. The Morgan fingerprint density at radius 1 is 1.15 bits per heavy atom. The summed E-state index contributed by atoms with van der Waals surface area (Å²) in [5.41, 5.74) is 7.92. The van der Waals surface area contributed by atoms with Gasteiger partial charge in [0.1, 0.15) is 5.75 Å². The number of halogens is 2. The summed E-state index contributed by atoms with van der Waals surface area (Å²) >= 11 is 13.5. The van der Waals surface area contributed by atoms with Gasteiger partial charge >= 0.3 is 0 Å². The highest BCUT2D eigenvalue weighted by atomic mass is 35.5. The van der Waals surface area contributed by atoms with Crippen LogP contribution < -0.4 is 10.5 Å². The van der Waals surface area contributed by atoms with Gasteiger partial charge in [0.25, 0.3) is 0 Å². The van der Waals surface area contributed by atoms with Crippen molar-refractivity contribution in [2.75, 3.05) is 18.1 Å². The lowest BCUT2D eigenvalue weighted by Gasteiger charge is -2.09. The molecule has 0 saturated carbocycles. The van der Waals surface area contributed by atoms with Crippen LogP contribution in [-0.4, -0.2) is 12.4 Å². The zero-order valence-corrected chi connectivity index (χ0v) is 13.4. The lowest BCUT2D eigenvalue weighted by Crippen LogP contribution is -2.01. The van der Waals surface area contributed by atoms with Crippen LogP contribution in [0.1, 0.15) is 5.56 Å². The Morgan fingerprint density at radius 2 is 1.95 bits per heavy atom. The Labute approximate surface area is 133 Å². The largest absolute Gasteiger partial charge is 0.491 e. The third-order valence-corrected chi connectivity index (χ3v) is 4.23. The molecule has 0 aliphatic carbocycles. The van der Waals surface area contributed by atoms with E-state index in [-0.39, 0.29) is 0 Å². The molecule has 2 N–H and O–H groups in total. The van der Waals surface area contributed by atoms with Crippen LogP contribution >= 0.6 is 35.0 Å². The minimum Gasteiger partial charge on any atom is -0.491 e. The minimum atomic E-state index is 0.526. The topological polar surface area (TPSA) is 35.2 Å². The Bertz CT molecular complexity index is 604. The van der Waals surface area contributed by atoms with Crippen LogP contribution in [-0.2, 0) is 0 Å². The molecule has 0 fully saturated rings. The van der Waals surface area contributed by atoms with Gasteiger partial charge in [-0.2, -0.15) is 0 Å². The first-order chi connectivity index (χ1) is 9.56. The molecule has 0 spiro atoms. The number of benzene rings is 2. The molecule has 0 aliphatic rings. The second kappa shape index (κ2) is 7.11. The molecule has 0 aliphatic heterocycles. The van der Waals surface area contributed by atoms with Gasteiger partial charge in [-0.3, -0.25) is 0 Å². The number of hydrogen-bond acceptors (Lipinski definition) is 3. The first-order valence-electron chi connectivity index (χ1n) is 6.13. The van der Waals surface area contributed by atoms with E-state index in [1.165, 1.54) is 5.56 Å². The van der Waals surface area contributed by atoms with Crippen molar-refractivity contribution in [3.05, 3.63) is 52.0 Å². The van der Waals surface area contributed by atoms with Gasteiger partial charge in [-0.05, 0) is 42.8 Å². The molecule has 106 valence electrons. The maximum absolute atomic E-state index is 6.04. The normalized spacial score (nSPS) is 10.6. The number of hydrogen-bond donors (Lipinski definition) is 1. The van der Waals surface area contributed by atoms with Crippen molar-refractivity contribution in [2.45, 2.75) is 11.8 Å². The summed E-state index contributed by atoms with van der Waals surface area (Å²) in [6, 6.07) is 11.2. The van der Waals surface area contributed by atoms with Crippen molar-refractivity contribution >= 4 is 40.7 Å². The molecule has 0 saturated heterocycles. The van der Waals surface area contributed by atoms with E-state index in [0.29, 0.717) is 22.4 Å². The van der Waals surface area contributed by atoms with Gasteiger partial charge in [0, 0.05) is 21.4 Å². The third kappa shape index (κ3) is 4.23. The molecule has 2 aromatic rings. The van der Waals surface area contributed by atoms with Crippen molar-refractivity contribution in [1.29, 1.82) is 0 Å². The molecule has 0 aromatic heterocycles. The maximum atomic E-state index is 6.04. The van der Waals surface area contributed by atoms with Crippen LogP contribution in [0.5, 0.6) is 5.75 Å². The van der Waals surface area contributed by atoms with E-state index in [9.17, 15) is 0 Å². The Morgan fingerprint density at radius 3 is 2.70 bits per heavy atom. The zero-order valence-electron chi connectivity index (χ0n) is 11.0. The first-order valence-corrected chi connectivity index (χ1v) is 7.87. The van der Waals surface area contributed by atoms with E-state index in [2.05, 4.69) is 6.07 Å². The predicted octanol–water partition coefficient (Wildman–Crippen LogP) is 5.06. The van der Waals surface area contributed by atoms with Crippen molar-refractivity contribution in [1.82, 2.24) is 0 Å². The number of rotatable bonds is 5. The summed E-state index contributed by atoms with van der Waals surface area (Å²) in [5.74, 6) is 1.45. The quantitative estimate of drug-likeness (QED) is 0.474. The number of anilines is 1. The average Bonchev–Trinajstić information content (AvgIpc) is 2.40. The lowest BCUT2D eigenvalue weighted by molar-refractivity contribution is 0.344. The summed E-state index contributed by atoms with van der Waals surface area (Å²) in [6.45, 7) is 2.60. The van der Waals surface area contributed by atoms with Crippen LogP contribution in [0.3, 0.4) is 0 Å². The monoisotopic (exact) mass is 327 g/mol. The van der Waals surface area contributed by atoms with E-state index in [1.54, 1.807) is 30.0 Å². The number of thioether (sulfide) groups is 1. The van der Waals surface area contributed by atoms with Gasteiger partial charge in [0.2, 0.25) is 0 Å². The number of aryl methyl sites for hydroxylation is 1. The summed E-state index contributed by atoms with van der Waals surface area (Å²) in [7, 11) is 0. The fourth-order valence-corrected chi connectivity index (χ4v) is 3.02. The lowest BCUT2D eigenvalue weighted by atomic mass is 10.2. The molecule has 0 heterocycles. The van der Waals surface area contributed by atoms with Crippen molar-refractivity contribution < 1.29 is 4.74 Å². The summed E-state index contributed by atoms with van der Waals surface area (Å²) in [6.07, 6.45) is 0. The van der Waals surface area contributed by atoms with Crippen LogP contribution in [0.4, 0.5) is 5.69 Å². The molecule has 2 nitrogen and oxygen atoms in total. The highest BCUT2D eigenvalue weighted by Gasteiger charge is 2.04. The van der Waals surface area contributed by atoms with Crippen molar-refractivity contribution in [2.24, 2.45) is 0 Å². The number of ether oxygens (including phenoxy) is 1. The Hall–Kier alpha value is -1.03. The summed E-state index contributed by atoms with van der Waals surface area (Å²) < 4.78 is 5.63. The highest BCUT2D eigenvalue weighted by molar-refractivity contribution is 7.99. The molecule has 2 aromatic carbocycles. The standard InChI is InChI=1S/C15H15Cl2NOS/c1-10-2-4-13(18)15(8-10)20-7-6-19-14-5-3-11(16)9-12(14)17/h2-5,8-9H,6-7,18H2,1H3. The van der Waals surface area contributed by atoms with Gasteiger partial charge in [-0.1, -0.05) is 29.3 Å². The molecule has 0 unspecified atom stereocenters. The second-order valence-electron chi connectivity index (χ2n) is 4.31. The van der Waals surface area contributed by atoms with Gasteiger partial charge in [-0.25, -0.2) is 0 Å². The minimum absolute atomic E-state index is 0.526. The van der Waals surface area contributed by atoms with E-state index in [1.807, 2.05) is 19.1 Å². The average molecular weight is 328 g/mol. The van der Waals surface area contributed by atoms with Crippen LogP contribution in [0, 0.1) is 6.92 Å². The maximum Gasteiger partial charge on any atom is 0.138 e. The van der Waals surface area contributed by atoms with Crippen LogP contribution in [0.15, 0.2) is 41.3 Å². The number of nitrogen functional groups attached to an aromatic ring is 1. The zero-order chi connectivity index (χ0) is 14.5. The van der Waals surface area contributed by atoms with Gasteiger partial charge in [0.15, 0.2) is 0 Å². The van der Waals surface area contributed by atoms with Crippen molar-refractivity contribution in [3.8, 4) is 5.75 Å². The fourth-order valence-electron chi connectivity index (χ4n) is 1.66. The Kier molecular flexibility index (Phi) is 5.46. The SMILES string of the molecule is Cc1ccc(N)c(SCCOc2ccc(Cl)cc2Cl)c1. The van der Waals surface area contributed by atoms with Crippen LogP contribution in [0.2, 0.25) is 10.0 Å². The molecule has 0 radical (unpaired) electrons. The van der Waals surface area contributed by atoms with Crippen molar-refractivity contribution in [3.63, 3.8) is 0 Å². The fraction of sp³-hybridized carbons (Fsp3) is 0.200. The van der Waals surface area contributed by atoms with E-state index >= 15 is 0 Å². The van der Waals surface area contributed by atoms with Gasteiger partial charge < -0.3 is 10.5 Å². The molecule has 2 rings (SSSR count). The van der Waals surface area contributed by atoms with E-state index < -0.39 is 0 Å². The molecular weight excluding hydrogens is 313 g/mol. The third-order valence-electron chi connectivity index (χ3n) is 2.66. The molecule has 5 heteroatoms. The van der Waals surface area contributed by atoms with Gasteiger partial charge in [-0.15, -0.1) is 11.8 Å². The molecule has 20 heavy (non-hydrogen) atoms. The second-order valence-corrected chi connectivity index (χ2v) is 6.29. The van der Waals surface area contributed by atoms with Crippen LogP contribution in [0.25, 0.3) is 0 Å². The first kappa shape index (κ1) is 15.4. The Balaban J connectivity index is 1.86. The summed E-state index contributed by atoms with van der Waals surface area (Å²) in [5, 5.41) is 1.13. The molecule has 0 atom stereocenters. The predicted molar refractivity (Wildman–Crippen MR) is 88.3 cm³/mol. The smallest absolute Gasteiger partial charge is 0.138 e.